The molecule has 0 amide bonds. The summed E-state index contributed by atoms with van der Waals surface area (Å²) in [6.07, 6.45) is 6.54. The average molecular weight is 422 g/mol. The van der Waals surface area contributed by atoms with E-state index in [9.17, 15) is 4.79 Å². The molecule has 3 heterocycles. The van der Waals surface area contributed by atoms with E-state index in [0.717, 1.165) is 12.8 Å². The van der Waals surface area contributed by atoms with Crippen molar-refractivity contribution < 1.29 is 13.9 Å². The van der Waals surface area contributed by atoms with E-state index in [4.69, 9.17) is 9.15 Å². The molecule has 0 saturated carbocycles. The van der Waals surface area contributed by atoms with E-state index in [1.165, 1.54) is 6.26 Å². The molecule has 0 radical (unpaired) electrons. The van der Waals surface area contributed by atoms with Gasteiger partial charge in [-0.2, -0.15) is 0 Å². The van der Waals surface area contributed by atoms with Crippen LogP contribution < -0.4 is 15.4 Å². The number of anilines is 1. The second-order valence-corrected chi connectivity index (χ2v) is 9.07. The van der Waals surface area contributed by atoms with Gasteiger partial charge in [0.15, 0.2) is 0 Å². The van der Waals surface area contributed by atoms with E-state index < -0.39 is 0 Å². The molecule has 162 valence electrons. The maximum atomic E-state index is 11.0. The third kappa shape index (κ3) is 4.88. The number of rotatable bonds is 6. The molecular weight excluding hydrogens is 396 g/mol. The van der Waals surface area contributed by atoms with E-state index in [-0.39, 0.29) is 17.1 Å². The summed E-state index contributed by atoms with van der Waals surface area (Å²) in [4.78, 5) is 19.6. The molecule has 31 heavy (non-hydrogen) atoms. The van der Waals surface area contributed by atoms with Crippen molar-refractivity contribution in [3.05, 3.63) is 36.9 Å². The lowest BCUT2D eigenvalue weighted by Gasteiger charge is -2.46. The molecule has 0 bridgehead atoms. The molecule has 0 spiro atoms. The predicted octanol–water partition coefficient (Wildman–Crippen LogP) is 3.45. The van der Waals surface area contributed by atoms with Crippen molar-refractivity contribution >= 4 is 12.4 Å². The van der Waals surface area contributed by atoms with Gasteiger partial charge in [0.25, 0.3) is 6.47 Å². The minimum Gasteiger partial charge on any atom is -0.445 e. The fourth-order valence-corrected chi connectivity index (χ4v) is 4.45. The molecule has 1 aromatic carbocycles. The van der Waals surface area contributed by atoms with Crippen LogP contribution in [0.25, 0.3) is 22.7 Å². The molecule has 9 heteroatoms. The number of nitrogens with one attached hydrogen (secondary N) is 2. The van der Waals surface area contributed by atoms with Crippen molar-refractivity contribution in [3.63, 3.8) is 0 Å². The van der Waals surface area contributed by atoms with E-state index in [1.807, 2.05) is 6.07 Å². The molecule has 0 unspecified atom stereocenters. The van der Waals surface area contributed by atoms with Gasteiger partial charge in [-0.05, 0) is 58.7 Å². The normalized spacial score (nSPS) is 17.8. The largest absolute Gasteiger partial charge is 0.445 e. The van der Waals surface area contributed by atoms with Crippen molar-refractivity contribution in [2.75, 3.05) is 5.32 Å². The number of oxazole rings is 1. The monoisotopic (exact) mass is 422 g/mol. The first kappa shape index (κ1) is 20.9. The lowest BCUT2D eigenvalue weighted by Crippen LogP contribution is -2.60. The van der Waals surface area contributed by atoms with Gasteiger partial charge in [-0.25, -0.2) is 9.97 Å². The highest BCUT2D eigenvalue weighted by Gasteiger charge is 2.37. The van der Waals surface area contributed by atoms with Gasteiger partial charge in [-0.3, -0.25) is 4.79 Å². The van der Waals surface area contributed by atoms with Gasteiger partial charge in [0, 0.05) is 28.2 Å². The quantitative estimate of drug-likeness (QED) is 0.576. The van der Waals surface area contributed by atoms with Crippen molar-refractivity contribution in [2.24, 2.45) is 0 Å². The Kier molecular flexibility index (Phi) is 5.45. The summed E-state index contributed by atoms with van der Waals surface area (Å²) in [5.41, 5.74) is 1.79. The third-order valence-electron chi connectivity index (χ3n) is 5.20. The van der Waals surface area contributed by atoms with Crippen molar-refractivity contribution in [3.8, 4) is 28.5 Å². The fraction of sp³-hybridized carbons (Fsp3) is 0.409. The second-order valence-electron chi connectivity index (χ2n) is 9.07. The highest BCUT2D eigenvalue weighted by molar-refractivity contribution is 5.73. The van der Waals surface area contributed by atoms with Crippen molar-refractivity contribution in [1.82, 2.24) is 25.5 Å². The summed E-state index contributed by atoms with van der Waals surface area (Å²) >= 11 is 0. The van der Waals surface area contributed by atoms with Gasteiger partial charge in [-0.1, -0.05) is 0 Å². The fourth-order valence-electron chi connectivity index (χ4n) is 4.45. The first-order valence-corrected chi connectivity index (χ1v) is 10.1. The summed E-state index contributed by atoms with van der Waals surface area (Å²) < 4.78 is 10.5. The maximum Gasteiger partial charge on any atom is 0.298 e. The SMILES string of the molecule is CC1(C)CC(Nc2ncc(-c3ccc(-c4ncco4)cc3OC=O)nn2)CC(C)(C)N1. The average Bonchev–Trinajstić information content (AvgIpc) is 3.21. The van der Waals surface area contributed by atoms with Crippen molar-refractivity contribution in [2.45, 2.75) is 57.7 Å². The first-order chi connectivity index (χ1) is 14.7. The zero-order chi connectivity index (χ0) is 22.1. The summed E-state index contributed by atoms with van der Waals surface area (Å²) in [5.74, 6) is 1.22. The standard InChI is InChI=1S/C22H26N6O3/c1-21(2)10-15(11-22(3,4)28-21)25-20-24-12-17(26-27-20)16-6-5-14(9-18(16)31-13-29)19-23-7-8-30-19/h5-9,12-13,15,28H,10-11H2,1-4H3,(H,24,25,27). The predicted molar refractivity (Wildman–Crippen MR) is 115 cm³/mol. The number of piperidine rings is 1. The number of hydrogen-bond acceptors (Lipinski definition) is 9. The number of ether oxygens (including phenoxy) is 1. The molecule has 1 fully saturated rings. The first-order valence-electron chi connectivity index (χ1n) is 10.1. The summed E-state index contributed by atoms with van der Waals surface area (Å²) in [6.45, 7) is 9.15. The zero-order valence-electron chi connectivity index (χ0n) is 18.0. The summed E-state index contributed by atoms with van der Waals surface area (Å²) in [6, 6.07) is 5.48. The molecule has 0 aliphatic carbocycles. The third-order valence-corrected chi connectivity index (χ3v) is 5.20. The van der Waals surface area contributed by atoms with Crippen molar-refractivity contribution in [1.29, 1.82) is 0 Å². The van der Waals surface area contributed by atoms with Crippen LogP contribution in [0.2, 0.25) is 0 Å². The van der Waals surface area contributed by atoms with Gasteiger partial charge >= 0.3 is 0 Å². The molecule has 1 saturated heterocycles. The van der Waals surface area contributed by atoms with Gasteiger partial charge in [0.05, 0.1) is 12.4 Å². The molecule has 2 aromatic heterocycles. The molecule has 3 aromatic rings. The Labute approximate surface area is 180 Å². The molecule has 0 atom stereocenters. The van der Waals surface area contributed by atoms with E-state index in [0.29, 0.717) is 40.9 Å². The Balaban J connectivity index is 1.54. The highest BCUT2D eigenvalue weighted by atomic mass is 16.5. The maximum absolute atomic E-state index is 11.0. The Morgan fingerprint density at radius 3 is 2.55 bits per heavy atom. The number of carbonyl (C=O) groups excluding carboxylic acids is 1. The molecule has 1 aliphatic rings. The number of nitrogens with zero attached hydrogens (tertiary/aromatic N) is 4. The minimum absolute atomic E-state index is 0.0124. The van der Waals surface area contributed by atoms with Gasteiger partial charge in [0.1, 0.15) is 17.7 Å². The van der Waals surface area contributed by atoms with E-state index in [1.54, 1.807) is 24.5 Å². The molecular formula is C22H26N6O3. The second kappa shape index (κ2) is 8.07. The number of hydrogen-bond donors (Lipinski definition) is 2. The van der Waals surface area contributed by atoms with Crippen LogP contribution in [-0.2, 0) is 4.79 Å². The van der Waals surface area contributed by atoms with Crippen LogP contribution in [0, 0.1) is 0 Å². The van der Waals surface area contributed by atoms with Crippen LogP contribution >= 0.6 is 0 Å². The molecule has 2 N–H and O–H groups in total. The Morgan fingerprint density at radius 2 is 1.94 bits per heavy atom. The number of carbonyl (C=O) groups is 1. The van der Waals surface area contributed by atoms with E-state index in [2.05, 4.69) is 58.5 Å². The Morgan fingerprint density at radius 1 is 1.16 bits per heavy atom. The van der Waals surface area contributed by atoms with Crippen LogP contribution in [0.3, 0.4) is 0 Å². The van der Waals surface area contributed by atoms with Gasteiger partial charge in [0.2, 0.25) is 11.8 Å². The highest BCUT2D eigenvalue weighted by Crippen LogP contribution is 2.33. The number of aromatic nitrogens is 4. The Bertz CT molecular complexity index is 1030. The van der Waals surface area contributed by atoms with Gasteiger partial charge in [-0.15, -0.1) is 10.2 Å². The molecule has 9 nitrogen and oxygen atoms in total. The lowest BCUT2D eigenvalue weighted by atomic mass is 9.80. The zero-order valence-corrected chi connectivity index (χ0v) is 18.0. The summed E-state index contributed by atoms with van der Waals surface area (Å²) in [5, 5.41) is 15.6. The van der Waals surface area contributed by atoms with Crippen LogP contribution in [0.4, 0.5) is 5.95 Å². The lowest BCUT2D eigenvalue weighted by molar-refractivity contribution is -0.120. The number of benzene rings is 1. The van der Waals surface area contributed by atoms with Crippen LogP contribution in [0.15, 0.2) is 41.3 Å². The summed E-state index contributed by atoms with van der Waals surface area (Å²) in [7, 11) is 0. The topological polar surface area (TPSA) is 115 Å². The van der Waals surface area contributed by atoms with Crippen LogP contribution in [-0.4, -0.2) is 43.8 Å². The van der Waals surface area contributed by atoms with Crippen LogP contribution in [0.5, 0.6) is 5.75 Å². The molecule has 4 rings (SSSR count). The van der Waals surface area contributed by atoms with E-state index >= 15 is 0 Å². The smallest absolute Gasteiger partial charge is 0.298 e. The molecule has 1 aliphatic heterocycles. The van der Waals surface area contributed by atoms with Gasteiger partial charge < -0.3 is 19.8 Å². The van der Waals surface area contributed by atoms with Crippen LogP contribution in [0.1, 0.15) is 40.5 Å². The Hall–Kier alpha value is -3.33. The minimum atomic E-state index is 0.0124.